The summed E-state index contributed by atoms with van der Waals surface area (Å²) in [5, 5.41) is 12.2. The Morgan fingerprint density at radius 1 is 0.444 bits per heavy atom. The van der Waals surface area contributed by atoms with Gasteiger partial charge in [-0.1, -0.05) is 227 Å². The lowest BCUT2D eigenvalue weighted by molar-refractivity contribution is 0.323. The van der Waals surface area contributed by atoms with E-state index in [0.29, 0.717) is 11.7 Å². The molecule has 0 fully saturated rings. The zero-order valence-corrected chi connectivity index (χ0v) is 37.8. The van der Waals surface area contributed by atoms with Crippen LogP contribution in [0.25, 0.3) is 0 Å². The molecule has 1 nitrogen and oxygen atoms in total. The lowest BCUT2D eigenvalue weighted by Gasteiger charge is -2.33. The first-order valence-electron chi connectivity index (χ1n) is 24.4. The van der Waals surface area contributed by atoms with Crippen LogP contribution in [0, 0.1) is 5.41 Å². The van der Waals surface area contributed by atoms with E-state index in [1.165, 1.54) is 216 Å². The lowest BCUT2D eigenvalue weighted by Crippen LogP contribution is -2.18. The fourth-order valence-corrected chi connectivity index (χ4v) is 9.13. The van der Waals surface area contributed by atoms with Crippen LogP contribution in [0.4, 0.5) is 0 Å². The van der Waals surface area contributed by atoms with Crippen molar-refractivity contribution < 1.29 is 5.11 Å². The summed E-state index contributed by atoms with van der Waals surface area (Å²) in [6.07, 6.45) is 49.8. The number of phenols is 1. The van der Waals surface area contributed by atoms with Gasteiger partial charge in [-0.2, -0.15) is 0 Å². The minimum atomic E-state index is 0.247. The molecule has 1 heteroatoms. The molecule has 1 aromatic rings. The van der Waals surface area contributed by atoms with Crippen molar-refractivity contribution >= 4 is 0 Å². The Hall–Kier alpha value is -1.50. The van der Waals surface area contributed by atoms with Crippen molar-refractivity contribution in [3.05, 3.63) is 53.1 Å². The van der Waals surface area contributed by atoms with Gasteiger partial charge in [0.05, 0.1) is 0 Å². The molecule has 1 unspecified atom stereocenters. The third-order valence-corrected chi connectivity index (χ3v) is 12.1. The minimum absolute atomic E-state index is 0.247. The molecule has 0 bridgehead atoms. The van der Waals surface area contributed by atoms with E-state index in [9.17, 15) is 5.11 Å². The average molecular weight is 749 g/mol. The summed E-state index contributed by atoms with van der Waals surface area (Å²) in [6, 6.07) is 0. The summed E-state index contributed by atoms with van der Waals surface area (Å²) < 4.78 is 0. The van der Waals surface area contributed by atoms with Crippen molar-refractivity contribution in [2.24, 2.45) is 5.41 Å². The maximum atomic E-state index is 12.2. The van der Waals surface area contributed by atoms with Gasteiger partial charge in [0, 0.05) is 5.56 Å². The van der Waals surface area contributed by atoms with Gasteiger partial charge >= 0.3 is 0 Å². The van der Waals surface area contributed by atoms with Crippen molar-refractivity contribution in [1.82, 2.24) is 0 Å². The average Bonchev–Trinajstić information content (AvgIpc) is 3.14. The second-order valence-corrected chi connectivity index (χ2v) is 18.6. The summed E-state index contributed by atoms with van der Waals surface area (Å²) in [5.74, 6) is 1.13. The zero-order chi connectivity index (χ0) is 39.7. The summed E-state index contributed by atoms with van der Waals surface area (Å²) in [6.45, 7) is 22.7. The molecule has 0 radical (unpaired) electrons. The van der Waals surface area contributed by atoms with E-state index in [-0.39, 0.29) is 5.41 Å². The van der Waals surface area contributed by atoms with Crippen molar-refractivity contribution in [2.75, 3.05) is 0 Å². The molecule has 1 atom stereocenters. The second kappa shape index (κ2) is 33.6. The van der Waals surface area contributed by atoms with Gasteiger partial charge in [0.25, 0.3) is 0 Å². The molecule has 0 amide bonds. The van der Waals surface area contributed by atoms with Gasteiger partial charge < -0.3 is 5.11 Å². The Morgan fingerprint density at radius 2 is 0.778 bits per heavy atom. The molecule has 314 valence electrons. The van der Waals surface area contributed by atoms with E-state index in [1.54, 1.807) is 5.56 Å². The van der Waals surface area contributed by atoms with Crippen LogP contribution in [0.1, 0.15) is 274 Å². The molecule has 0 aromatic heterocycles. The summed E-state index contributed by atoms with van der Waals surface area (Å²) in [5.41, 5.74) is 7.25. The highest BCUT2D eigenvalue weighted by Crippen LogP contribution is 2.45. The number of hydrogen-bond acceptors (Lipinski definition) is 1. The molecular formula is C53H96O. The van der Waals surface area contributed by atoms with E-state index in [4.69, 9.17) is 0 Å². The Morgan fingerprint density at radius 3 is 1.15 bits per heavy atom. The monoisotopic (exact) mass is 749 g/mol. The lowest BCUT2D eigenvalue weighted by atomic mass is 9.72. The number of unbranched alkanes of at least 4 members (excludes halogenated alkanes) is 26. The van der Waals surface area contributed by atoms with Crippen LogP contribution in [0.3, 0.4) is 0 Å². The molecule has 0 aliphatic heterocycles. The summed E-state index contributed by atoms with van der Waals surface area (Å²) >= 11 is 0. The van der Waals surface area contributed by atoms with E-state index >= 15 is 0 Å². The van der Waals surface area contributed by atoms with Gasteiger partial charge in [-0.3, -0.25) is 0 Å². The Labute approximate surface area is 340 Å². The van der Waals surface area contributed by atoms with Gasteiger partial charge in [0.1, 0.15) is 5.75 Å². The molecular weight excluding hydrogens is 653 g/mol. The highest BCUT2D eigenvalue weighted by Gasteiger charge is 2.29. The normalized spacial score (nSPS) is 12.4. The molecule has 54 heavy (non-hydrogen) atoms. The molecule has 1 rings (SSSR count). The van der Waals surface area contributed by atoms with Crippen molar-refractivity contribution in [2.45, 2.75) is 272 Å². The van der Waals surface area contributed by atoms with Gasteiger partial charge in [0.15, 0.2) is 0 Å². The Balaban J connectivity index is 3.34. The Kier molecular flexibility index (Phi) is 31.5. The molecule has 0 aliphatic carbocycles. The van der Waals surface area contributed by atoms with Crippen molar-refractivity contribution in [3.63, 3.8) is 0 Å². The van der Waals surface area contributed by atoms with Crippen LogP contribution < -0.4 is 0 Å². The minimum Gasteiger partial charge on any atom is -0.507 e. The number of aromatic hydroxyl groups is 1. The van der Waals surface area contributed by atoms with Gasteiger partial charge in [0.2, 0.25) is 0 Å². The molecule has 0 saturated heterocycles. The number of hydrogen-bond donors (Lipinski definition) is 1. The second-order valence-electron chi connectivity index (χ2n) is 18.6. The van der Waals surface area contributed by atoms with Gasteiger partial charge in [-0.15, -0.1) is 13.2 Å². The maximum Gasteiger partial charge on any atom is 0.122 e. The van der Waals surface area contributed by atoms with E-state index in [2.05, 4.69) is 60.8 Å². The number of benzene rings is 1. The quantitative estimate of drug-likeness (QED) is 0.0527. The van der Waals surface area contributed by atoms with Crippen molar-refractivity contribution in [3.8, 4) is 5.75 Å². The molecule has 1 aromatic carbocycles. The van der Waals surface area contributed by atoms with Gasteiger partial charge in [-0.05, 0) is 85.0 Å². The highest BCUT2D eigenvalue weighted by atomic mass is 16.3. The SMILES string of the molecule is C=CCc1c(O)c(CCCCCCCCCCCC)c(CCCCCCCCCCCC)c(C(CCCCCCCCCCC)CC(C)(C)C)c1CC=C. The zero-order valence-electron chi connectivity index (χ0n) is 37.8. The van der Waals surface area contributed by atoms with E-state index in [1.807, 2.05) is 6.08 Å². The molecule has 1 N–H and O–H groups in total. The largest absolute Gasteiger partial charge is 0.507 e. The number of rotatable bonds is 38. The Bertz CT molecular complexity index is 1040. The van der Waals surface area contributed by atoms with Crippen LogP contribution in [0.2, 0.25) is 0 Å². The predicted molar refractivity (Wildman–Crippen MR) is 246 cm³/mol. The molecule has 0 aliphatic rings. The fraction of sp³-hybridized carbons (Fsp3) is 0.811. The third kappa shape index (κ3) is 23.5. The smallest absolute Gasteiger partial charge is 0.122 e. The molecule has 0 spiro atoms. The first-order valence-corrected chi connectivity index (χ1v) is 24.4. The third-order valence-electron chi connectivity index (χ3n) is 12.1. The molecule has 0 heterocycles. The topological polar surface area (TPSA) is 20.2 Å². The first-order chi connectivity index (χ1) is 26.2. The number of phenolic OH excluding ortho intramolecular Hbond substituents is 1. The van der Waals surface area contributed by atoms with Crippen molar-refractivity contribution in [1.29, 1.82) is 0 Å². The van der Waals surface area contributed by atoms with E-state index < -0.39 is 0 Å². The number of allylic oxidation sites excluding steroid dienone is 2. The highest BCUT2D eigenvalue weighted by molar-refractivity contribution is 5.58. The maximum absolute atomic E-state index is 12.2. The molecule has 0 saturated carbocycles. The van der Waals surface area contributed by atoms with Crippen LogP contribution in [-0.2, 0) is 25.7 Å². The van der Waals surface area contributed by atoms with Crippen LogP contribution in [0.5, 0.6) is 5.75 Å². The summed E-state index contributed by atoms with van der Waals surface area (Å²) in [7, 11) is 0. The van der Waals surface area contributed by atoms with Gasteiger partial charge in [-0.25, -0.2) is 0 Å². The first kappa shape index (κ1) is 50.5. The fourth-order valence-electron chi connectivity index (χ4n) is 9.13. The van der Waals surface area contributed by atoms with Crippen LogP contribution in [0.15, 0.2) is 25.3 Å². The van der Waals surface area contributed by atoms with Crippen LogP contribution in [-0.4, -0.2) is 5.11 Å². The van der Waals surface area contributed by atoms with Crippen LogP contribution >= 0.6 is 0 Å². The standard InChI is InChI=1S/C53H96O/c1-9-14-17-20-23-26-29-32-35-38-43-48-50(44-39-36-33-30-27-24-21-18-15-10-2)52(54)49(41-13-5)47(40-12-4)51(48)46(45-53(6,7)8)42-37-34-31-28-25-22-19-16-11-3/h12-13,46,54H,4-5,9-11,14-45H2,1-3,6-8H3. The predicted octanol–water partition coefficient (Wildman–Crippen LogP) is 18.2. The van der Waals surface area contributed by atoms with E-state index in [0.717, 1.165) is 31.2 Å². The summed E-state index contributed by atoms with van der Waals surface area (Å²) in [4.78, 5) is 0.